The maximum absolute atomic E-state index is 14.9. The van der Waals surface area contributed by atoms with Gasteiger partial charge in [0.15, 0.2) is 5.65 Å². The minimum Gasteiger partial charge on any atom is -0.278 e. The lowest BCUT2D eigenvalue weighted by molar-refractivity contribution is 0.950. The van der Waals surface area contributed by atoms with Gasteiger partial charge in [0.1, 0.15) is 0 Å². The van der Waals surface area contributed by atoms with E-state index in [4.69, 9.17) is 15.0 Å². The van der Waals surface area contributed by atoms with Crippen LogP contribution in [0.5, 0.6) is 0 Å². The van der Waals surface area contributed by atoms with Crippen molar-refractivity contribution in [2.75, 3.05) is 0 Å². The molecule has 4 heterocycles. The van der Waals surface area contributed by atoms with Crippen molar-refractivity contribution >= 4 is 76.8 Å². The highest BCUT2D eigenvalue weighted by Crippen LogP contribution is 2.40. The molecule has 12 rings (SSSR count). The van der Waals surface area contributed by atoms with Gasteiger partial charge in [-0.05, 0) is 107 Å². The summed E-state index contributed by atoms with van der Waals surface area (Å²) in [6.45, 7) is 8.64. The number of allylic oxidation sites excluding steroid dienone is 8. The van der Waals surface area contributed by atoms with Crippen LogP contribution in [0.1, 0.15) is 12.8 Å². The number of hydrogen-bond acceptors (Lipinski definition) is 4. The molecule has 0 aliphatic heterocycles. The van der Waals surface area contributed by atoms with Crippen molar-refractivity contribution in [3.8, 4) is 28.3 Å². The summed E-state index contributed by atoms with van der Waals surface area (Å²) in [6.07, 6.45) is 11.9. The molecule has 63 heavy (non-hydrogen) atoms. The number of hydrogen-bond donors (Lipinski definition) is 0. The van der Waals surface area contributed by atoms with Crippen LogP contribution in [0.4, 0.5) is 0 Å². The van der Waals surface area contributed by atoms with E-state index in [1.54, 1.807) is 15.0 Å². The first-order valence-corrected chi connectivity index (χ1v) is 21.2. The zero-order valence-electron chi connectivity index (χ0n) is 34.2. The molecule has 0 spiro atoms. The van der Waals surface area contributed by atoms with Crippen molar-refractivity contribution in [1.82, 2.24) is 28.5 Å². The first kappa shape index (κ1) is 36.4. The number of benzene rings is 7. The van der Waals surface area contributed by atoms with E-state index in [0.717, 1.165) is 112 Å². The van der Waals surface area contributed by atoms with Crippen LogP contribution in [0.2, 0.25) is 0 Å². The number of nitrogens with zero attached hydrogens (tertiary/aromatic N) is 6. The zero-order valence-corrected chi connectivity index (χ0v) is 34.2. The monoisotopic (exact) mass is 810 g/mol. The SMILES string of the molecule is C=C/C(=C\C(=C)C1=CC=CCC1)n1c(=O)n2c3ccccc3nc2c2ccc(-c3ccc4c(c3)c3c5ccccc5ccc3n4-c3nc(-c4ccccc4)c4ccccc4n3)cc21. The van der Waals surface area contributed by atoms with Gasteiger partial charge >= 0.3 is 5.69 Å². The van der Waals surface area contributed by atoms with Crippen LogP contribution >= 0.6 is 0 Å². The van der Waals surface area contributed by atoms with Crippen LogP contribution < -0.4 is 5.69 Å². The number of para-hydroxylation sites is 3. The highest BCUT2D eigenvalue weighted by atomic mass is 16.1. The summed E-state index contributed by atoms with van der Waals surface area (Å²) >= 11 is 0. The number of imidazole rings is 1. The van der Waals surface area contributed by atoms with Gasteiger partial charge in [-0.2, -0.15) is 0 Å². The lowest BCUT2D eigenvalue weighted by Gasteiger charge is -2.16. The second-order valence-electron chi connectivity index (χ2n) is 16.1. The van der Waals surface area contributed by atoms with Crippen molar-refractivity contribution in [2.24, 2.45) is 0 Å². The Labute approximate surface area is 361 Å². The Morgan fingerprint density at radius 1 is 0.619 bits per heavy atom. The number of aromatic nitrogens is 6. The second kappa shape index (κ2) is 14.4. The van der Waals surface area contributed by atoms with E-state index in [0.29, 0.717) is 17.3 Å². The largest absolute Gasteiger partial charge is 0.339 e. The zero-order chi connectivity index (χ0) is 42.2. The van der Waals surface area contributed by atoms with Crippen LogP contribution in [0.3, 0.4) is 0 Å². The fraction of sp³-hybridized carbons (Fsp3) is 0.0357. The van der Waals surface area contributed by atoms with Gasteiger partial charge in [0.2, 0.25) is 5.95 Å². The lowest BCUT2D eigenvalue weighted by atomic mass is 9.97. The summed E-state index contributed by atoms with van der Waals surface area (Å²) in [7, 11) is 0. The molecule has 0 saturated heterocycles. The second-order valence-corrected chi connectivity index (χ2v) is 16.1. The molecule has 1 aliphatic carbocycles. The van der Waals surface area contributed by atoms with Crippen molar-refractivity contribution in [3.05, 3.63) is 217 Å². The summed E-state index contributed by atoms with van der Waals surface area (Å²) in [5.74, 6) is 0.603. The van der Waals surface area contributed by atoms with Gasteiger partial charge in [0, 0.05) is 27.1 Å². The van der Waals surface area contributed by atoms with Gasteiger partial charge in [-0.15, -0.1) is 0 Å². The minimum atomic E-state index is -0.227. The first-order chi connectivity index (χ1) is 31.0. The highest BCUT2D eigenvalue weighted by Gasteiger charge is 2.22. The molecular formula is C56H38N6O. The molecular weight excluding hydrogens is 773 g/mol. The quantitative estimate of drug-likeness (QED) is 0.150. The average Bonchev–Trinajstić information content (AvgIpc) is 3.90. The predicted octanol–water partition coefficient (Wildman–Crippen LogP) is 13.2. The van der Waals surface area contributed by atoms with Gasteiger partial charge in [0.05, 0.1) is 44.5 Å². The third kappa shape index (κ3) is 5.74. The molecule has 0 radical (unpaired) electrons. The fourth-order valence-electron chi connectivity index (χ4n) is 9.46. The molecule has 0 bridgehead atoms. The lowest BCUT2D eigenvalue weighted by Crippen LogP contribution is -2.26. The molecule has 0 unspecified atom stereocenters. The van der Waals surface area contributed by atoms with Crippen molar-refractivity contribution in [2.45, 2.75) is 12.8 Å². The molecule has 4 aromatic heterocycles. The standard InChI is InChI=1S/C56H38N6O/c1-3-41(32-35(2)36-16-6-4-7-17-36)60-51-34-40(26-29-44(51)54-57-47-24-14-15-25-49(47)62(54)56(60)63)39-28-30-48-45(33-39)52-42-21-11-10-18-37(42)27-31-50(52)61(48)55-58-46-23-13-12-22-43(46)53(59-55)38-19-8-5-9-20-38/h3-6,8-16,18-34H,1-2,7,17H2/b41-32+. The summed E-state index contributed by atoms with van der Waals surface area (Å²) in [4.78, 5) is 30.5. The normalized spacial score (nSPS) is 13.3. The molecule has 7 heteroatoms. The molecule has 0 saturated carbocycles. The van der Waals surface area contributed by atoms with Crippen LogP contribution in [0.25, 0.3) is 105 Å². The van der Waals surface area contributed by atoms with E-state index in [-0.39, 0.29) is 5.69 Å². The maximum Gasteiger partial charge on any atom is 0.339 e. The van der Waals surface area contributed by atoms with E-state index < -0.39 is 0 Å². The summed E-state index contributed by atoms with van der Waals surface area (Å²) in [5, 5.41) is 6.33. The minimum absolute atomic E-state index is 0.227. The van der Waals surface area contributed by atoms with Crippen molar-refractivity contribution < 1.29 is 0 Å². The molecule has 0 N–H and O–H groups in total. The smallest absolute Gasteiger partial charge is 0.278 e. The van der Waals surface area contributed by atoms with Crippen molar-refractivity contribution in [3.63, 3.8) is 0 Å². The van der Waals surface area contributed by atoms with Gasteiger partial charge in [-0.1, -0.05) is 135 Å². The Morgan fingerprint density at radius 3 is 2.21 bits per heavy atom. The van der Waals surface area contributed by atoms with Crippen LogP contribution in [-0.2, 0) is 0 Å². The maximum atomic E-state index is 14.9. The fourth-order valence-corrected chi connectivity index (χ4v) is 9.46. The van der Waals surface area contributed by atoms with Gasteiger partial charge in [0.25, 0.3) is 0 Å². The van der Waals surface area contributed by atoms with E-state index in [1.807, 2.05) is 60.7 Å². The van der Waals surface area contributed by atoms with Crippen LogP contribution in [0, 0.1) is 0 Å². The molecule has 7 nitrogen and oxygen atoms in total. The van der Waals surface area contributed by atoms with Gasteiger partial charge in [-0.3, -0.25) is 9.13 Å². The first-order valence-electron chi connectivity index (χ1n) is 21.2. The molecule has 1 aliphatic rings. The molecule has 7 aromatic carbocycles. The number of fused-ring (bicyclic) bond motifs is 11. The van der Waals surface area contributed by atoms with E-state index in [2.05, 4.69) is 133 Å². The Morgan fingerprint density at radius 2 is 1.37 bits per heavy atom. The third-order valence-electron chi connectivity index (χ3n) is 12.5. The van der Waals surface area contributed by atoms with E-state index in [9.17, 15) is 4.79 Å². The highest BCUT2D eigenvalue weighted by molar-refractivity contribution is 6.22. The molecule has 0 atom stereocenters. The Kier molecular flexibility index (Phi) is 8.30. The van der Waals surface area contributed by atoms with Gasteiger partial charge < -0.3 is 0 Å². The molecule has 11 aromatic rings. The van der Waals surface area contributed by atoms with E-state index in [1.165, 1.54) is 0 Å². The van der Waals surface area contributed by atoms with Crippen LogP contribution in [-0.4, -0.2) is 28.5 Å². The third-order valence-corrected chi connectivity index (χ3v) is 12.5. The summed E-state index contributed by atoms with van der Waals surface area (Å²) in [6, 6.07) is 52.1. The topological polar surface area (TPSA) is 70.0 Å². The van der Waals surface area contributed by atoms with Gasteiger partial charge in [-0.25, -0.2) is 24.1 Å². The Balaban J connectivity index is 1.11. The summed E-state index contributed by atoms with van der Waals surface area (Å²) < 4.78 is 5.67. The average molecular weight is 811 g/mol. The molecule has 298 valence electrons. The Bertz CT molecular complexity index is 3920. The number of rotatable bonds is 7. The van der Waals surface area contributed by atoms with Crippen molar-refractivity contribution in [1.29, 1.82) is 0 Å². The molecule has 0 fully saturated rings. The van der Waals surface area contributed by atoms with Crippen LogP contribution in [0.15, 0.2) is 211 Å². The summed E-state index contributed by atoms with van der Waals surface area (Å²) in [5.41, 5.74) is 12.0. The predicted molar refractivity (Wildman–Crippen MR) is 260 cm³/mol. The Hall–Kier alpha value is -8.42. The van der Waals surface area contributed by atoms with E-state index >= 15 is 0 Å². The molecule has 0 amide bonds.